The van der Waals surface area contributed by atoms with Crippen LogP contribution in [-0.4, -0.2) is 63.5 Å². The van der Waals surface area contributed by atoms with E-state index in [-0.39, 0.29) is 6.04 Å². The number of hydrogen-bond acceptors (Lipinski definition) is 10. The number of ether oxygens (including phenoxy) is 1. The molecule has 12 nitrogen and oxygen atoms in total. The number of aromatic nitrogens is 5. The number of morpholine rings is 1. The third kappa shape index (κ3) is 4.98. The molecule has 2 aliphatic rings. The highest BCUT2D eigenvalue weighted by atomic mass is 16.5. The normalized spacial score (nSPS) is 17.1. The van der Waals surface area contributed by atoms with E-state index < -0.39 is 6.03 Å². The Hall–Kier alpha value is -4.58. The standard InChI is InChI=1S/C26H27N9O3/c1-17-15-37-13-11-35(17)25-20-7-10-34(23-6-9-27-16-28-23)14-21(20)30-24(32-25)18-2-4-19(5-3-18)29-26(36)31-22-8-12-38-33-22/h2-6,8-9,12,16-17H,7,10-11,13-15H2,1H3,(H2,29,31,33,36)/t17-/m0/s1. The van der Waals surface area contributed by atoms with Gasteiger partial charge in [-0.1, -0.05) is 5.16 Å². The van der Waals surface area contributed by atoms with E-state index in [1.54, 1.807) is 18.6 Å². The van der Waals surface area contributed by atoms with Crippen LogP contribution in [0.2, 0.25) is 0 Å². The summed E-state index contributed by atoms with van der Waals surface area (Å²) in [6.45, 7) is 5.74. The minimum atomic E-state index is -0.412. The van der Waals surface area contributed by atoms with Gasteiger partial charge in [-0.15, -0.1) is 0 Å². The van der Waals surface area contributed by atoms with E-state index in [9.17, 15) is 4.79 Å². The van der Waals surface area contributed by atoms with Crippen molar-refractivity contribution in [3.05, 3.63) is 66.4 Å². The number of rotatable bonds is 5. The van der Waals surface area contributed by atoms with E-state index in [1.807, 2.05) is 30.3 Å². The Labute approximate surface area is 219 Å². The maximum Gasteiger partial charge on any atom is 0.324 e. The Morgan fingerprint density at radius 2 is 1.97 bits per heavy atom. The summed E-state index contributed by atoms with van der Waals surface area (Å²) in [5, 5.41) is 9.07. The number of amides is 2. The molecule has 1 fully saturated rings. The molecule has 1 aromatic carbocycles. The van der Waals surface area contributed by atoms with Crippen LogP contribution in [-0.2, 0) is 17.7 Å². The molecule has 0 radical (unpaired) electrons. The second-order valence-corrected chi connectivity index (χ2v) is 9.19. The van der Waals surface area contributed by atoms with Crippen molar-refractivity contribution in [2.75, 3.05) is 46.7 Å². The van der Waals surface area contributed by atoms with Crippen molar-refractivity contribution in [1.29, 1.82) is 0 Å². The highest BCUT2D eigenvalue weighted by Crippen LogP contribution is 2.32. The van der Waals surface area contributed by atoms with Gasteiger partial charge in [0.25, 0.3) is 0 Å². The zero-order valence-electron chi connectivity index (χ0n) is 20.9. The minimum absolute atomic E-state index is 0.213. The van der Waals surface area contributed by atoms with Crippen LogP contribution in [0.5, 0.6) is 0 Å². The average Bonchev–Trinajstić information content (AvgIpc) is 3.46. The highest BCUT2D eigenvalue weighted by molar-refractivity contribution is 5.99. The monoisotopic (exact) mass is 513 g/mol. The van der Waals surface area contributed by atoms with Gasteiger partial charge < -0.3 is 24.4 Å². The molecule has 0 unspecified atom stereocenters. The molecule has 0 bridgehead atoms. The van der Waals surface area contributed by atoms with Gasteiger partial charge in [0, 0.05) is 42.2 Å². The second kappa shape index (κ2) is 10.4. The largest absolute Gasteiger partial charge is 0.377 e. The van der Waals surface area contributed by atoms with Crippen molar-refractivity contribution in [3.63, 3.8) is 0 Å². The summed E-state index contributed by atoms with van der Waals surface area (Å²) in [7, 11) is 0. The van der Waals surface area contributed by atoms with Gasteiger partial charge in [-0.05, 0) is 43.7 Å². The maximum absolute atomic E-state index is 12.2. The third-order valence-corrected chi connectivity index (χ3v) is 6.65. The van der Waals surface area contributed by atoms with E-state index in [2.05, 4.69) is 42.5 Å². The third-order valence-electron chi connectivity index (χ3n) is 6.65. The number of carbonyl (C=O) groups excluding carboxylic acids is 1. The fourth-order valence-electron chi connectivity index (χ4n) is 4.74. The molecule has 5 heterocycles. The van der Waals surface area contributed by atoms with Crippen LogP contribution >= 0.6 is 0 Å². The molecule has 1 saturated heterocycles. The predicted molar refractivity (Wildman–Crippen MR) is 141 cm³/mol. The molecular weight excluding hydrogens is 486 g/mol. The second-order valence-electron chi connectivity index (χ2n) is 9.19. The Balaban J connectivity index is 1.29. The summed E-state index contributed by atoms with van der Waals surface area (Å²) in [6, 6.07) is 10.7. The lowest BCUT2D eigenvalue weighted by molar-refractivity contribution is 0.0984. The zero-order chi connectivity index (χ0) is 25.9. The minimum Gasteiger partial charge on any atom is -0.377 e. The summed E-state index contributed by atoms with van der Waals surface area (Å²) >= 11 is 0. The summed E-state index contributed by atoms with van der Waals surface area (Å²) < 4.78 is 10.4. The molecule has 194 valence electrons. The molecule has 0 spiro atoms. The molecule has 4 aromatic rings. The van der Waals surface area contributed by atoms with Crippen LogP contribution in [0.4, 0.5) is 27.9 Å². The first-order chi connectivity index (χ1) is 18.6. The summed E-state index contributed by atoms with van der Waals surface area (Å²) in [5.74, 6) is 2.83. The molecule has 2 aliphatic heterocycles. The fraction of sp³-hybridized carbons (Fsp3) is 0.308. The van der Waals surface area contributed by atoms with E-state index in [1.165, 1.54) is 11.8 Å². The Kier molecular flexibility index (Phi) is 6.53. The van der Waals surface area contributed by atoms with E-state index in [4.69, 9.17) is 19.2 Å². The van der Waals surface area contributed by atoms with Crippen molar-refractivity contribution in [3.8, 4) is 11.4 Å². The van der Waals surface area contributed by atoms with Crippen molar-refractivity contribution in [2.24, 2.45) is 0 Å². The van der Waals surface area contributed by atoms with Gasteiger partial charge in [0.15, 0.2) is 11.6 Å². The first-order valence-corrected chi connectivity index (χ1v) is 12.5. The first kappa shape index (κ1) is 23.8. The van der Waals surface area contributed by atoms with Gasteiger partial charge in [-0.25, -0.2) is 24.7 Å². The topological polar surface area (TPSA) is 134 Å². The SMILES string of the molecule is C[C@H]1COCCN1c1nc(-c2ccc(NC(=O)Nc3ccon3)cc2)nc2c1CCN(c1ccncn1)C2. The maximum atomic E-state index is 12.2. The summed E-state index contributed by atoms with van der Waals surface area (Å²) in [4.78, 5) is 35.3. The average molecular weight is 514 g/mol. The van der Waals surface area contributed by atoms with Crippen molar-refractivity contribution >= 4 is 29.2 Å². The van der Waals surface area contributed by atoms with Gasteiger partial charge in [-0.3, -0.25) is 5.32 Å². The molecular formula is C26H27N9O3. The molecule has 2 N–H and O–H groups in total. The van der Waals surface area contributed by atoms with Crippen LogP contribution in [0.1, 0.15) is 18.2 Å². The first-order valence-electron chi connectivity index (χ1n) is 12.5. The lowest BCUT2D eigenvalue weighted by Crippen LogP contribution is -2.45. The van der Waals surface area contributed by atoms with Crippen LogP contribution in [0.3, 0.4) is 0 Å². The molecule has 38 heavy (non-hydrogen) atoms. The highest BCUT2D eigenvalue weighted by Gasteiger charge is 2.29. The van der Waals surface area contributed by atoms with Crippen LogP contribution in [0.15, 0.2) is 59.7 Å². The number of nitrogens with zero attached hydrogens (tertiary/aromatic N) is 7. The Bertz CT molecular complexity index is 1400. The van der Waals surface area contributed by atoms with Gasteiger partial charge in [0.1, 0.15) is 24.2 Å². The number of benzene rings is 1. The van der Waals surface area contributed by atoms with Gasteiger partial charge in [-0.2, -0.15) is 0 Å². The number of fused-ring (bicyclic) bond motifs is 1. The number of anilines is 4. The van der Waals surface area contributed by atoms with Crippen molar-refractivity contribution < 1.29 is 14.1 Å². The fourth-order valence-corrected chi connectivity index (χ4v) is 4.74. The molecule has 2 amide bonds. The molecule has 3 aromatic heterocycles. The predicted octanol–water partition coefficient (Wildman–Crippen LogP) is 3.35. The van der Waals surface area contributed by atoms with Crippen LogP contribution < -0.4 is 20.4 Å². The number of nitrogens with one attached hydrogen (secondary N) is 2. The lowest BCUT2D eigenvalue weighted by atomic mass is 10.0. The Morgan fingerprint density at radius 3 is 2.74 bits per heavy atom. The van der Waals surface area contributed by atoms with Crippen LogP contribution in [0, 0.1) is 0 Å². The van der Waals surface area contributed by atoms with Gasteiger partial charge >= 0.3 is 6.03 Å². The smallest absolute Gasteiger partial charge is 0.324 e. The quantitative estimate of drug-likeness (QED) is 0.409. The number of urea groups is 1. The molecule has 0 aliphatic carbocycles. The van der Waals surface area contributed by atoms with Gasteiger partial charge in [0.2, 0.25) is 0 Å². The molecule has 0 saturated carbocycles. The summed E-state index contributed by atoms with van der Waals surface area (Å²) in [6.07, 6.45) is 5.54. The number of hydrogen-bond donors (Lipinski definition) is 2. The van der Waals surface area contributed by atoms with Crippen LogP contribution in [0.25, 0.3) is 11.4 Å². The van der Waals surface area contributed by atoms with E-state index in [0.717, 1.165) is 42.4 Å². The zero-order valence-corrected chi connectivity index (χ0v) is 20.9. The van der Waals surface area contributed by atoms with E-state index in [0.29, 0.717) is 37.1 Å². The molecule has 12 heteroatoms. The summed E-state index contributed by atoms with van der Waals surface area (Å²) in [5.41, 5.74) is 3.65. The number of carbonyl (C=O) groups is 1. The molecule has 1 atom stereocenters. The van der Waals surface area contributed by atoms with Gasteiger partial charge in [0.05, 0.1) is 31.5 Å². The van der Waals surface area contributed by atoms with Crippen molar-refractivity contribution in [1.82, 2.24) is 25.1 Å². The molecule has 6 rings (SSSR count). The Morgan fingerprint density at radius 1 is 1.08 bits per heavy atom. The lowest BCUT2D eigenvalue weighted by Gasteiger charge is -2.38. The van der Waals surface area contributed by atoms with Crippen molar-refractivity contribution in [2.45, 2.75) is 25.9 Å². The van der Waals surface area contributed by atoms with E-state index >= 15 is 0 Å².